The van der Waals surface area contributed by atoms with Gasteiger partial charge in [-0.25, -0.2) is 0 Å². The average Bonchev–Trinajstić information content (AvgIpc) is 2.36. The molecule has 0 fully saturated rings. The number of carbonyl (C=O) groups excluding carboxylic acids is 3. The highest BCUT2D eigenvalue weighted by Gasteiger charge is 2.20. The Hall–Kier alpha value is -1.59. The maximum absolute atomic E-state index is 12.1. The van der Waals surface area contributed by atoms with Gasteiger partial charge in [-0.2, -0.15) is 0 Å². The van der Waals surface area contributed by atoms with Crippen molar-refractivity contribution in [3.8, 4) is 0 Å². The lowest BCUT2D eigenvalue weighted by molar-refractivity contribution is -0.128. The quantitative estimate of drug-likeness (QED) is 0.386. The van der Waals surface area contributed by atoms with Gasteiger partial charge in [0.15, 0.2) is 0 Å². The van der Waals surface area contributed by atoms with E-state index in [1.807, 2.05) is 6.92 Å². The monoisotopic (exact) mass is 285 g/mol. The molecule has 0 saturated carbocycles. The summed E-state index contributed by atoms with van der Waals surface area (Å²) < 4.78 is 0. The van der Waals surface area contributed by atoms with Crippen molar-refractivity contribution in [2.75, 3.05) is 6.54 Å². The Morgan fingerprint density at radius 1 is 1.15 bits per heavy atom. The number of carbonyl (C=O) groups is 3. The van der Waals surface area contributed by atoms with E-state index in [1.54, 1.807) is 0 Å². The first kappa shape index (κ1) is 18.4. The highest BCUT2D eigenvalue weighted by atomic mass is 16.2. The van der Waals surface area contributed by atoms with Gasteiger partial charge in [0.2, 0.25) is 18.2 Å². The van der Waals surface area contributed by atoms with Crippen molar-refractivity contribution in [2.45, 2.75) is 65.0 Å². The summed E-state index contributed by atoms with van der Waals surface area (Å²) in [6.07, 6.45) is 4.70. The number of hydrogen-bond donors (Lipinski definition) is 3. The van der Waals surface area contributed by atoms with Gasteiger partial charge in [-0.1, -0.05) is 13.3 Å². The van der Waals surface area contributed by atoms with Crippen molar-refractivity contribution in [2.24, 2.45) is 0 Å². The third-order valence-electron chi connectivity index (χ3n) is 2.95. The zero-order valence-electron chi connectivity index (χ0n) is 12.7. The molecule has 0 spiro atoms. The standard InChI is InChI=1S/C14H27N3O3/c1-4-7-11(2)16-14(20)13(17-12(3)19)8-5-6-9-15-10-18/h10-11,13H,4-9H2,1-3H3,(H,15,18)(H,16,20)(H,17,19)/t11?,13-/m0/s1. The van der Waals surface area contributed by atoms with Gasteiger partial charge in [0.1, 0.15) is 6.04 Å². The molecule has 6 nitrogen and oxygen atoms in total. The van der Waals surface area contributed by atoms with Gasteiger partial charge in [0.25, 0.3) is 0 Å². The minimum atomic E-state index is -0.497. The van der Waals surface area contributed by atoms with E-state index in [1.165, 1.54) is 6.92 Å². The highest BCUT2D eigenvalue weighted by Crippen LogP contribution is 2.03. The first-order valence-electron chi connectivity index (χ1n) is 7.25. The van der Waals surface area contributed by atoms with E-state index in [2.05, 4.69) is 22.9 Å². The topological polar surface area (TPSA) is 87.3 Å². The lowest BCUT2D eigenvalue weighted by atomic mass is 10.1. The van der Waals surface area contributed by atoms with Crippen molar-refractivity contribution in [1.29, 1.82) is 0 Å². The van der Waals surface area contributed by atoms with Gasteiger partial charge in [0, 0.05) is 19.5 Å². The Kier molecular flexibility index (Phi) is 10.4. The lowest BCUT2D eigenvalue weighted by Crippen LogP contribution is -2.48. The number of unbranched alkanes of at least 4 members (excludes halogenated alkanes) is 1. The molecule has 0 radical (unpaired) electrons. The Morgan fingerprint density at radius 2 is 1.85 bits per heavy atom. The molecule has 0 heterocycles. The molecule has 0 aliphatic heterocycles. The lowest BCUT2D eigenvalue weighted by Gasteiger charge is -2.20. The van der Waals surface area contributed by atoms with Crippen molar-refractivity contribution in [1.82, 2.24) is 16.0 Å². The van der Waals surface area contributed by atoms with Crippen LogP contribution in [0.2, 0.25) is 0 Å². The van der Waals surface area contributed by atoms with Gasteiger partial charge in [-0.15, -0.1) is 0 Å². The van der Waals surface area contributed by atoms with Gasteiger partial charge >= 0.3 is 0 Å². The molecule has 0 aromatic carbocycles. The first-order valence-corrected chi connectivity index (χ1v) is 7.25. The molecular weight excluding hydrogens is 258 g/mol. The molecule has 0 aromatic heterocycles. The van der Waals surface area contributed by atoms with Crippen molar-refractivity contribution in [3.05, 3.63) is 0 Å². The Labute approximate surface area is 121 Å². The summed E-state index contributed by atoms with van der Waals surface area (Å²) in [5, 5.41) is 8.16. The first-order chi connectivity index (χ1) is 9.51. The fraction of sp³-hybridized carbons (Fsp3) is 0.786. The second-order valence-electron chi connectivity index (χ2n) is 5.02. The Balaban J connectivity index is 4.20. The van der Waals surface area contributed by atoms with E-state index < -0.39 is 6.04 Å². The minimum absolute atomic E-state index is 0.112. The van der Waals surface area contributed by atoms with Crippen molar-refractivity contribution in [3.63, 3.8) is 0 Å². The average molecular weight is 285 g/mol. The molecular formula is C14H27N3O3. The summed E-state index contributed by atoms with van der Waals surface area (Å²) in [5.74, 6) is -0.344. The van der Waals surface area contributed by atoms with Crippen LogP contribution in [0.1, 0.15) is 52.9 Å². The second kappa shape index (κ2) is 11.3. The predicted molar refractivity (Wildman–Crippen MR) is 78.0 cm³/mol. The normalized spacial score (nSPS) is 13.2. The van der Waals surface area contributed by atoms with Gasteiger partial charge in [0.05, 0.1) is 0 Å². The van der Waals surface area contributed by atoms with E-state index in [9.17, 15) is 14.4 Å². The third-order valence-corrected chi connectivity index (χ3v) is 2.95. The summed E-state index contributed by atoms with van der Waals surface area (Å²) in [7, 11) is 0. The summed E-state index contributed by atoms with van der Waals surface area (Å²) in [5.41, 5.74) is 0. The number of nitrogens with one attached hydrogen (secondary N) is 3. The summed E-state index contributed by atoms with van der Waals surface area (Å²) in [6.45, 7) is 6.02. The van der Waals surface area contributed by atoms with Crippen LogP contribution in [-0.4, -0.2) is 36.9 Å². The Bertz CT molecular complexity index is 308. The minimum Gasteiger partial charge on any atom is -0.359 e. The van der Waals surface area contributed by atoms with Crippen LogP contribution in [0.25, 0.3) is 0 Å². The van der Waals surface area contributed by atoms with E-state index >= 15 is 0 Å². The molecule has 0 aliphatic rings. The molecule has 116 valence electrons. The van der Waals surface area contributed by atoms with Gasteiger partial charge < -0.3 is 16.0 Å². The van der Waals surface area contributed by atoms with Crippen molar-refractivity contribution >= 4 is 18.2 Å². The van der Waals surface area contributed by atoms with Gasteiger partial charge in [-0.05, 0) is 32.6 Å². The molecule has 20 heavy (non-hydrogen) atoms. The maximum atomic E-state index is 12.1. The zero-order valence-corrected chi connectivity index (χ0v) is 12.7. The molecule has 3 amide bonds. The molecule has 6 heteroatoms. The van der Waals surface area contributed by atoms with E-state index in [0.717, 1.165) is 25.7 Å². The third kappa shape index (κ3) is 9.35. The van der Waals surface area contributed by atoms with Crippen LogP contribution in [0.3, 0.4) is 0 Å². The largest absolute Gasteiger partial charge is 0.359 e. The fourth-order valence-electron chi connectivity index (χ4n) is 2.00. The predicted octanol–water partition coefficient (Wildman–Crippen LogP) is 0.712. The fourth-order valence-corrected chi connectivity index (χ4v) is 2.00. The zero-order chi connectivity index (χ0) is 15.4. The molecule has 0 bridgehead atoms. The Morgan fingerprint density at radius 3 is 2.40 bits per heavy atom. The molecule has 3 N–H and O–H groups in total. The maximum Gasteiger partial charge on any atom is 0.242 e. The van der Waals surface area contributed by atoms with Crippen LogP contribution in [0.15, 0.2) is 0 Å². The smallest absolute Gasteiger partial charge is 0.242 e. The SMILES string of the molecule is CCCC(C)NC(=O)[C@H](CCCCNC=O)NC(C)=O. The van der Waals surface area contributed by atoms with E-state index in [0.29, 0.717) is 19.4 Å². The molecule has 0 aliphatic carbocycles. The van der Waals surface area contributed by atoms with Gasteiger partial charge in [-0.3, -0.25) is 14.4 Å². The number of hydrogen-bond acceptors (Lipinski definition) is 3. The van der Waals surface area contributed by atoms with E-state index in [-0.39, 0.29) is 17.9 Å². The molecule has 0 saturated heterocycles. The molecule has 1 unspecified atom stereocenters. The van der Waals surface area contributed by atoms with Crippen LogP contribution in [-0.2, 0) is 14.4 Å². The second-order valence-corrected chi connectivity index (χ2v) is 5.02. The van der Waals surface area contributed by atoms with Crippen LogP contribution < -0.4 is 16.0 Å². The van der Waals surface area contributed by atoms with Crippen molar-refractivity contribution < 1.29 is 14.4 Å². The van der Waals surface area contributed by atoms with Crippen LogP contribution >= 0.6 is 0 Å². The number of rotatable bonds is 11. The summed E-state index contributed by atoms with van der Waals surface area (Å²) >= 11 is 0. The molecule has 2 atom stereocenters. The van der Waals surface area contributed by atoms with Crippen LogP contribution in [0.5, 0.6) is 0 Å². The van der Waals surface area contributed by atoms with Crippen LogP contribution in [0, 0.1) is 0 Å². The summed E-state index contributed by atoms with van der Waals surface area (Å²) in [4.78, 5) is 33.3. The van der Waals surface area contributed by atoms with E-state index in [4.69, 9.17) is 0 Å². The molecule has 0 rings (SSSR count). The summed E-state index contributed by atoms with van der Waals surface area (Å²) in [6, 6.07) is -0.386. The van der Waals surface area contributed by atoms with Crippen LogP contribution in [0.4, 0.5) is 0 Å². The number of amides is 3. The molecule has 0 aromatic rings. The highest BCUT2D eigenvalue weighted by molar-refractivity contribution is 5.86.